The van der Waals surface area contributed by atoms with Crippen molar-refractivity contribution >= 4 is 23.6 Å². The Balaban J connectivity index is 2.51. The van der Waals surface area contributed by atoms with Gasteiger partial charge in [0.2, 0.25) is 0 Å². The number of benzene rings is 2. The Kier molecular flexibility index (Phi) is 7.47. The van der Waals surface area contributed by atoms with E-state index >= 15 is 0 Å². The Morgan fingerprint density at radius 2 is 1.74 bits per heavy atom. The van der Waals surface area contributed by atoms with E-state index in [1.165, 1.54) is 19.1 Å². The van der Waals surface area contributed by atoms with Crippen molar-refractivity contribution in [2.75, 3.05) is 6.61 Å². The molecule has 0 bridgehead atoms. The van der Waals surface area contributed by atoms with E-state index in [9.17, 15) is 31.1 Å². The first-order valence-corrected chi connectivity index (χ1v) is 9.53. The third kappa shape index (κ3) is 6.03. The molecule has 31 heavy (non-hydrogen) atoms. The lowest BCUT2D eigenvalue weighted by molar-refractivity contribution is -0.139. The minimum Gasteiger partial charge on any atom is -0.462 e. The second kappa shape index (κ2) is 9.34. The smallest absolute Gasteiger partial charge is 0.417 e. The molecule has 0 saturated heterocycles. The molecule has 0 aliphatic rings. The van der Waals surface area contributed by atoms with E-state index in [-0.39, 0.29) is 22.8 Å². The number of aryl methyl sites for hydroxylation is 1. The number of carbonyl (C=O) groups is 1. The Bertz CT molecular complexity index is 969. The second-order valence-corrected chi connectivity index (χ2v) is 7.25. The quantitative estimate of drug-likeness (QED) is 0.338. The Hall–Kier alpha value is -2.48. The lowest BCUT2D eigenvalue weighted by Crippen LogP contribution is -2.19. The number of halogens is 7. The molecule has 2 aromatic carbocycles. The first kappa shape index (κ1) is 24.8. The fourth-order valence-electron chi connectivity index (χ4n) is 2.93. The fraction of sp³-hybridized carbons (Fsp3) is 0.318. The van der Waals surface area contributed by atoms with E-state index in [0.717, 1.165) is 24.3 Å². The topological polar surface area (TPSA) is 26.3 Å². The van der Waals surface area contributed by atoms with Crippen molar-refractivity contribution in [2.24, 2.45) is 0 Å². The zero-order chi connectivity index (χ0) is 23.6. The third-order valence-corrected chi connectivity index (χ3v) is 5.06. The highest BCUT2D eigenvalue weighted by molar-refractivity contribution is 6.31. The van der Waals surface area contributed by atoms with Gasteiger partial charge in [0.15, 0.2) is 0 Å². The number of ether oxygens (including phenoxy) is 1. The van der Waals surface area contributed by atoms with Crippen LogP contribution in [-0.2, 0) is 10.9 Å². The number of esters is 1. The molecular weight excluding hydrogens is 446 g/mol. The van der Waals surface area contributed by atoms with Gasteiger partial charge in [0.1, 0.15) is 0 Å². The molecule has 2 nitrogen and oxygen atoms in total. The largest absolute Gasteiger partial charge is 0.462 e. The van der Waals surface area contributed by atoms with Gasteiger partial charge in [0.05, 0.1) is 23.7 Å². The van der Waals surface area contributed by atoms with E-state index in [4.69, 9.17) is 11.6 Å². The molecule has 0 fully saturated rings. The lowest BCUT2D eigenvalue weighted by atomic mass is 9.93. The first-order chi connectivity index (χ1) is 14.3. The molecule has 0 aromatic heterocycles. The van der Waals surface area contributed by atoms with Crippen LogP contribution in [0.4, 0.5) is 26.3 Å². The minimum absolute atomic E-state index is 0.121. The maximum atomic E-state index is 13.7. The summed E-state index contributed by atoms with van der Waals surface area (Å²) in [6, 6.07) is 5.16. The lowest BCUT2D eigenvalue weighted by Gasteiger charge is -2.19. The van der Waals surface area contributed by atoms with Crippen molar-refractivity contribution in [1.82, 2.24) is 0 Å². The van der Waals surface area contributed by atoms with Gasteiger partial charge in [-0.25, -0.2) is 4.79 Å². The first-order valence-electron chi connectivity index (χ1n) is 9.15. The van der Waals surface area contributed by atoms with Gasteiger partial charge in [-0.2, -0.15) is 26.3 Å². The molecule has 0 aliphatic carbocycles. The van der Waals surface area contributed by atoms with Crippen LogP contribution in [0, 0.1) is 13.8 Å². The van der Waals surface area contributed by atoms with Crippen LogP contribution in [0.15, 0.2) is 36.4 Å². The molecule has 0 N–H and O–H groups in total. The second-order valence-electron chi connectivity index (χ2n) is 6.85. The average molecular weight is 465 g/mol. The van der Waals surface area contributed by atoms with Crippen LogP contribution in [0.25, 0.3) is 6.08 Å². The summed E-state index contributed by atoms with van der Waals surface area (Å²) in [5.74, 6) is -3.24. The van der Waals surface area contributed by atoms with E-state index in [0.29, 0.717) is 17.2 Å². The summed E-state index contributed by atoms with van der Waals surface area (Å²) in [7, 11) is 0. The third-order valence-electron chi connectivity index (χ3n) is 4.66. The SMILES string of the molecule is CCOC(=O)c1ccc(/C=C/C(c2cc(C)c(C)c(Cl)c2)C(F)(F)F)cc1C(F)(F)F. The standard InChI is InChI=1S/C22H19ClF6O2/c1-4-31-20(30)16-7-5-14(10-18(16)22(27,28)29)6-8-17(21(24,25)26)15-9-12(2)13(3)19(23)11-15/h5-11,17H,4H2,1-3H3/b8-6+. The molecule has 2 aromatic rings. The van der Waals surface area contributed by atoms with Crippen LogP contribution in [-0.4, -0.2) is 18.8 Å². The monoisotopic (exact) mass is 464 g/mol. The minimum atomic E-state index is -4.89. The van der Waals surface area contributed by atoms with Crippen LogP contribution in [0.1, 0.15) is 51.0 Å². The molecule has 0 saturated carbocycles. The van der Waals surface area contributed by atoms with Gasteiger partial charge in [0, 0.05) is 5.02 Å². The summed E-state index contributed by atoms with van der Waals surface area (Å²) in [6.07, 6.45) is -7.89. The maximum absolute atomic E-state index is 13.7. The maximum Gasteiger partial charge on any atom is 0.417 e. The van der Waals surface area contributed by atoms with Crippen molar-refractivity contribution in [1.29, 1.82) is 0 Å². The van der Waals surface area contributed by atoms with Crippen molar-refractivity contribution in [3.05, 3.63) is 74.8 Å². The summed E-state index contributed by atoms with van der Waals surface area (Å²) in [5, 5.41) is 0.163. The van der Waals surface area contributed by atoms with Crippen LogP contribution in [0.5, 0.6) is 0 Å². The van der Waals surface area contributed by atoms with Crippen molar-refractivity contribution in [2.45, 2.75) is 39.0 Å². The summed E-state index contributed by atoms with van der Waals surface area (Å²) in [4.78, 5) is 11.8. The van der Waals surface area contributed by atoms with Crippen molar-refractivity contribution < 1.29 is 35.9 Å². The summed E-state index contributed by atoms with van der Waals surface area (Å²) < 4.78 is 85.7. The highest BCUT2D eigenvalue weighted by Crippen LogP contribution is 2.39. The van der Waals surface area contributed by atoms with Gasteiger partial charge in [-0.05, 0) is 61.2 Å². The Morgan fingerprint density at radius 1 is 1.10 bits per heavy atom. The highest BCUT2D eigenvalue weighted by atomic mass is 35.5. The molecule has 0 aliphatic heterocycles. The predicted molar refractivity (Wildman–Crippen MR) is 106 cm³/mol. The summed E-state index contributed by atoms with van der Waals surface area (Å²) >= 11 is 6.01. The molecule has 0 spiro atoms. The molecular formula is C22H19ClF6O2. The summed E-state index contributed by atoms with van der Waals surface area (Å²) in [5.41, 5.74) is -1.07. The van der Waals surface area contributed by atoms with Gasteiger partial charge in [-0.1, -0.05) is 35.9 Å². The average Bonchev–Trinajstić information content (AvgIpc) is 2.64. The van der Waals surface area contributed by atoms with Gasteiger partial charge in [-0.3, -0.25) is 0 Å². The number of carbonyl (C=O) groups excluding carboxylic acids is 1. The molecule has 1 unspecified atom stereocenters. The predicted octanol–water partition coefficient (Wildman–Crippen LogP) is 7.51. The number of allylic oxidation sites excluding steroid dienone is 1. The number of alkyl halides is 6. The molecule has 168 valence electrons. The normalized spacial score (nSPS) is 13.5. The van der Waals surface area contributed by atoms with Crippen LogP contribution in [0.3, 0.4) is 0 Å². The van der Waals surface area contributed by atoms with Crippen molar-refractivity contribution in [3.8, 4) is 0 Å². The molecule has 9 heteroatoms. The molecule has 0 radical (unpaired) electrons. The zero-order valence-electron chi connectivity index (χ0n) is 16.8. The van der Waals surface area contributed by atoms with Gasteiger partial charge < -0.3 is 4.74 Å². The Morgan fingerprint density at radius 3 is 2.26 bits per heavy atom. The van der Waals surface area contributed by atoms with Gasteiger partial charge in [-0.15, -0.1) is 0 Å². The highest BCUT2D eigenvalue weighted by Gasteiger charge is 2.39. The zero-order valence-corrected chi connectivity index (χ0v) is 17.5. The van der Waals surface area contributed by atoms with Crippen LogP contribution in [0.2, 0.25) is 5.02 Å². The van der Waals surface area contributed by atoms with Crippen LogP contribution >= 0.6 is 11.6 Å². The molecule has 0 heterocycles. The molecule has 2 rings (SSSR count). The summed E-state index contributed by atoms with van der Waals surface area (Å²) in [6.45, 7) is 4.61. The van der Waals surface area contributed by atoms with E-state index in [2.05, 4.69) is 4.74 Å². The van der Waals surface area contributed by atoms with E-state index in [1.807, 2.05) is 0 Å². The Labute approximate surface area is 180 Å². The molecule has 0 amide bonds. The van der Waals surface area contributed by atoms with E-state index < -0.39 is 35.4 Å². The fourth-order valence-corrected chi connectivity index (χ4v) is 3.20. The number of hydrogen-bond donors (Lipinski definition) is 0. The number of rotatable bonds is 5. The van der Waals surface area contributed by atoms with Gasteiger partial charge >= 0.3 is 18.3 Å². The molecule has 1 atom stereocenters. The van der Waals surface area contributed by atoms with Gasteiger partial charge in [0.25, 0.3) is 0 Å². The van der Waals surface area contributed by atoms with E-state index in [1.54, 1.807) is 13.8 Å². The number of hydrogen-bond acceptors (Lipinski definition) is 2. The van der Waals surface area contributed by atoms with Crippen molar-refractivity contribution in [3.63, 3.8) is 0 Å². The van der Waals surface area contributed by atoms with Crippen LogP contribution < -0.4 is 0 Å².